The van der Waals surface area contributed by atoms with E-state index in [1.54, 1.807) is 18.2 Å². The summed E-state index contributed by atoms with van der Waals surface area (Å²) in [6, 6.07) is 5.17. The Morgan fingerprint density at radius 1 is 1.29 bits per heavy atom. The highest BCUT2D eigenvalue weighted by molar-refractivity contribution is 9.10. The lowest BCUT2D eigenvalue weighted by Crippen LogP contribution is -2.42. The summed E-state index contributed by atoms with van der Waals surface area (Å²) in [5.74, 6) is -1.36. The van der Waals surface area contributed by atoms with Gasteiger partial charge >= 0.3 is 5.97 Å². The Hall–Kier alpha value is -1.56. The predicted octanol–water partition coefficient (Wildman–Crippen LogP) is 3.14. The predicted molar refractivity (Wildman–Crippen MR) is 84.4 cm³/mol. The van der Waals surface area contributed by atoms with E-state index in [2.05, 4.69) is 21.2 Å². The lowest BCUT2D eigenvalue weighted by atomic mass is 9.79. The Morgan fingerprint density at radius 3 is 2.52 bits per heavy atom. The number of halogens is 1. The maximum absolute atomic E-state index is 11.6. The van der Waals surface area contributed by atoms with Crippen LogP contribution < -0.4 is 11.1 Å². The van der Waals surface area contributed by atoms with Gasteiger partial charge in [0.15, 0.2) is 0 Å². The molecule has 0 radical (unpaired) electrons. The molecule has 1 aliphatic carbocycles. The molecule has 4 N–H and O–H groups in total. The van der Waals surface area contributed by atoms with Crippen molar-refractivity contribution in [2.45, 2.75) is 44.1 Å². The van der Waals surface area contributed by atoms with Crippen molar-refractivity contribution in [3.8, 4) is 0 Å². The fraction of sp³-hybridized carbons (Fsp3) is 0.467. The summed E-state index contributed by atoms with van der Waals surface area (Å²) in [6.45, 7) is 0. The number of anilines is 1. The fourth-order valence-corrected chi connectivity index (χ4v) is 3.35. The van der Waals surface area contributed by atoms with E-state index in [-0.39, 0.29) is 6.42 Å². The number of rotatable bonds is 5. The number of hydrogen-bond acceptors (Lipinski definition) is 3. The molecular weight excluding hydrogens is 336 g/mol. The van der Waals surface area contributed by atoms with Crippen molar-refractivity contribution >= 4 is 33.5 Å². The maximum atomic E-state index is 11.6. The molecule has 0 atom stereocenters. The summed E-state index contributed by atoms with van der Waals surface area (Å²) in [4.78, 5) is 22.8. The van der Waals surface area contributed by atoms with Crippen LogP contribution in [0.4, 0.5) is 5.69 Å². The van der Waals surface area contributed by atoms with Gasteiger partial charge in [-0.1, -0.05) is 35.2 Å². The Bertz CT molecular complexity index is 554. The molecule has 1 fully saturated rings. The van der Waals surface area contributed by atoms with Gasteiger partial charge in [-0.3, -0.25) is 9.59 Å². The lowest BCUT2D eigenvalue weighted by molar-refractivity contribution is -0.138. The number of primary amides is 1. The van der Waals surface area contributed by atoms with Crippen LogP contribution in [0.15, 0.2) is 22.7 Å². The zero-order valence-corrected chi connectivity index (χ0v) is 13.3. The molecule has 0 aliphatic heterocycles. The van der Waals surface area contributed by atoms with E-state index in [4.69, 9.17) is 5.73 Å². The molecule has 1 aromatic carbocycles. The van der Waals surface area contributed by atoms with Crippen molar-refractivity contribution in [3.05, 3.63) is 28.2 Å². The first kappa shape index (κ1) is 15.8. The summed E-state index contributed by atoms with van der Waals surface area (Å²) in [5, 5.41) is 12.5. The van der Waals surface area contributed by atoms with Gasteiger partial charge in [-0.2, -0.15) is 0 Å². The molecule has 0 spiro atoms. The van der Waals surface area contributed by atoms with E-state index >= 15 is 0 Å². The monoisotopic (exact) mass is 354 g/mol. The molecule has 114 valence electrons. The minimum Gasteiger partial charge on any atom is -0.481 e. The Balaban J connectivity index is 2.34. The van der Waals surface area contributed by atoms with Crippen LogP contribution in [0.25, 0.3) is 0 Å². The maximum Gasteiger partial charge on any atom is 0.305 e. The number of carbonyl (C=O) groups excluding carboxylic acids is 1. The van der Waals surface area contributed by atoms with Crippen molar-refractivity contribution in [2.24, 2.45) is 5.73 Å². The van der Waals surface area contributed by atoms with Crippen LogP contribution in [-0.4, -0.2) is 22.5 Å². The minimum atomic E-state index is -0.833. The van der Waals surface area contributed by atoms with Crippen LogP contribution in [-0.2, 0) is 4.79 Å². The summed E-state index contributed by atoms with van der Waals surface area (Å²) >= 11 is 3.37. The first-order chi connectivity index (χ1) is 9.92. The number of nitrogens with two attached hydrogens (primary N) is 1. The molecule has 1 aliphatic rings. The molecule has 0 unspecified atom stereocenters. The Kier molecular flexibility index (Phi) is 4.88. The number of carbonyl (C=O) groups is 2. The number of carboxylic acids is 1. The lowest BCUT2D eigenvalue weighted by Gasteiger charge is -2.38. The van der Waals surface area contributed by atoms with Crippen molar-refractivity contribution in [1.29, 1.82) is 0 Å². The van der Waals surface area contributed by atoms with E-state index in [9.17, 15) is 14.7 Å². The second kappa shape index (κ2) is 6.47. The van der Waals surface area contributed by atoms with Gasteiger partial charge < -0.3 is 16.2 Å². The van der Waals surface area contributed by atoms with Gasteiger partial charge in [0.2, 0.25) is 0 Å². The van der Waals surface area contributed by atoms with E-state index in [1.807, 2.05) is 0 Å². The van der Waals surface area contributed by atoms with Gasteiger partial charge in [-0.25, -0.2) is 0 Å². The Morgan fingerprint density at radius 2 is 1.95 bits per heavy atom. The van der Waals surface area contributed by atoms with Gasteiger partial charge in [0.05, 0.1) is 12.0 Å². The number of aliphatic carboxylic acids is 1. The second-order valence-corrected chi connectivity index (χ2v) is 6.51. The highest BCUT2D eigenvalue weighted by Crippen LogP contribution is 2.36. The van der Waals surface area contributed by atoms with Gasteiger partial charge in [-0.05, 0) is 31.0 Å². The molecule has 2 rings (SSSR count). The topological polar surface area (TPSA) is 92.4 Å². The first-order valence-corrected chi connectivity index (χ1v) is 7.80. The van der Waals surface area contributed by atoms with Gasteiger partial charge in [0.1, 0.15) is 0 Å². The molecule has 6 heteroatoms. The summed E-state index contributed by atoms with van der Waals surface area (Å²) in [6.07, 6.45) is 4.69. The summed E-state index contributed by atoms with van der Waals surface area (Å²) in [5.41, 5.74) is 5.88. The number of benzene rings is 1. The van der Waals surface area contributed by atoms with Crippen molar-refractivity contribution in [2.75, 3.05) is 5.32 Å². The van der Waals surface area contributed by atoms with Crippen molar-refractivity contribution in [3.63, 3.8) is 0 Å². The zero-order chi connectivity index (χ0) is 15.5. The third-order valence-electron chi connectivity index (χ3n) is 3.95. The number of carboxylic acid groups (broad SMARTS) is 1. The van der Waals surface area contributed by atoms with Crippen LogP contribution >= 0.6 is 15.9 Å². The van der Waals surface area contributed by atoms with Gasteiger partial charge in [-0.15, -0.1) is 0 Å². The number of hydrogen-bond donors (Lipinski definition) is 3. The van der Waals surface area contributed by atoms with E-state index in [1.165, 1.54) is 0 Å². The third-order valence-corrected chi connectivity index (χ3v) is 4.44. The van der Waals surface area contributed by atoms with Crippen molar-refractivity contribution in [1.82, 2.24) is 0 Å². The molecule has 5 nitrogen and oxygen atoms in total. The zero-order valence-electron chi connectivity index (χ0n) is 11.7. The average Bonchev–Trinajstić information content (AvgIpc) is 2.38. The van der Waals surface area contributed by atoms with E-state index in [0.29, 0.717) is 11.3 Å². The largest absolute Gasteiger partial charge is 0.481 e. The first-order valence-electron chi connectivity index (χ1n) is 7.01. The van der Waals surface area contributed by atoms with E-state index in [0.717, 1.165) is 36.6 Å². The molecule has 1 saturated carbocycles. The number of nitrogens with one attached hydrogen (secondary N) is 1. The molecule has 0 saturated heterocycles. The molecule has 0 heterocycles. The third kappa shape index (κ3) is 3.97. The highest BCUT2D eigenvalue weighted by atomic mass is 79.9. The second-order valence-electron chi connectivity index (χ2n) is 5.59. The molecule has 0 aromatic heterocycles. The SMILES string of the molecule is NC(=O)c1ccc(Br)cc1NC1(CC(=O)O)CCCCC1. The van der Waals surface area contributed by atoms with Crippen LogP contribution in [0.1, 0.15) is 48.9 Å². The molecular formula is C15H19BrN2O3. The van der Waals surface area contributed by atoms with Crippen molar-refractivity contribution < 1.29 is 14.7 Å². The summed E-state index contributed by atoms with van der Waals surface area (Å²) in [7, 11) is 0. The molecule has 1 aromatic rings. The smallest absolute Gasteiger partial charge is 0.305 e. The number of amides is 1. The van der Waals surface area contributed by atoms with Crippen LogP contribution in [0, 0.1) is 0 Å². The molecule has 0 bridgehead atoms. The molecule has 1 amide bonds. The van der Waals surface area contributed by atoms with Gasteiger partial charge in [0, 0.05) is 15.7 Å². The molecule has 21 heavy (non-hydrogen) atoms. The standard InChI is InChI=1S/C15H19BrN2O3/c16-10-4-5-11(14(17)21)12(8-10)18-15(9-13(19)20)6-2-1-3-7-15/h4-5,8,18H,1-3,6-7,9H2,(H2,17,21)(H,19,20). The normalized spacial score (nSPS) is 17.2. The highest BCUT2D eigenvalue weighted by Gasteiger charge is 2.35. The van der Waals surface area contributed by atoms with Crippen LogP contribution in [0.3, 0.4) is 0 Å². The van der Waals surface area contributed by atoms with Crippen LogP contribution in [0.5, 0.6) is 0 Å². The van der Waals surface area contributed by atoms with Crippen LogP contribution in [0.2, 0.25) is 0 Å². The quantitative estimate of drug-likeness (QED) is 0.757. The average molecular weight is 355 g/mol. The van der Waals surface area contributed by atoms with Gasteiger partial charge in [0.25, 0.3) is 5.91 Å². The summed E-state index contributed by atoms with van der Waals surface area (Å²) < 4.78 is 0.816. The fourth-order valence-electron chi connectivity index (χ4n) is 2.98. The van der Waals surface area contributed by atoms with E-state index < -0.39 is 17.4 Å². The minimum absolute atomic E-state index is 0.0394. The Labute approximate surface area is 132 Å².